The predicted molar refractivity (Wildman–Crippen MR) is 155 cm³/mol. The quantitative estimate of drug-likeness (QED) is 0.266. The van der Waals surface area contributed by atoms with E-state index in [2.05, 4.69) is 9.97 Å². The Bertz CT molecular complexity index is 1760. The van der Waals surface area contributed by atoms with Crippen molar-refractivity contribution in [2.75, 3.05) is 45.9 Å². The Morgan fingerprint density at radius 3 is 2.60 bits per heavy atom. The number of benzene rings is 2. The van der Waals surface area contributed by atoms with Gasteiger partial charge in [-0.05, 0) is 42.0 Å². The van der Waals surface area contributed by atoms with Crippen LogP contribution in [0.25, 0.3) is 21.0 Å². The number of thiazole rings is 1. The molecular weight excluding hydrogens is 713 g/mol. The fourth-order valence-corrected chi connectivity index (χ4v) is 7.94. The van der Waals surface area contributed by atoms with Crippen LogP contribution < -0.4 is 29.0 Å². The number of halogens is 2. The summed E-state index contributed by atoms with van der Waals surface area (Å²) >= 11 is 7.40. The number of morpholine rings is 1. The molecule has 2 amide bonds. The highest BCUT2D eigenvalue weighted by molar-refractivity contribution is 7.89. The summed E-state index contributed by atoms with van der Waals surface area (Å²) in [7, 11) is -3.89. The van der Waals surface area contributed by atoms with Crippen molar-refractivity contribution in [3.05, 3.63) is 64.4 Å². The third-order valence-electron chi connectivity index (χ3n) is 7.55. The summed E-state index contributed by atoms with van der Waals surface area (Å²) < 4.78 is 35.2. The maximum atomic E-state index is 13.8. The Morgan fingerprint density at radius 2 is 1.81 bits per heavy atom. The SMILES string of the molecule is Cc1cc2[nH+]c(C(=O)N3CCN(S(=O)(=O)c4ccc5cc(Cl)ccc5c4)CC3CC(=O)N3CCOCC3)sc2cn1.[I-]. The Labute approximate surface area is 269 Å². The van der Waals surface area contributed by atoms with E-state index in [1.54, 1.807) is 52.4 Å². The number of aryl methyl sites for hydroxylation is 1. The van der Waals surface area contributed by atoms with Gasteiger partial charge < -0.3 is 38.5 Å². The van der Waals surface area contributed by atoms with Crippen LogP contribution >= 0.6 is 22.9 Å². The van der Waals surface area contributed by atoms with Crippen LogP contribution in [0.4, 0.5) is 0 Å². The molecule has 0 spiro atoms. The van der Waals surface area contributed by atoms with Gasteiger partial charge in [-0.3, -0.25) is 14.6 Å². The zero-order valence-corrected chi connectivity index (χ0v) is 27.3. The number of amides is 2. The number of pyridine rings is 1. The van der Waals surface area contributed by atoms with Crippen LogP contribution in [0.2, 0.25) is 5.02 Å². The topological polar surface area (TPSA) is 114 Å². The number of aromatic nitrogens is 2. The summed E-state index contributed by atoms with van der Waals surface area (Å²) in [6.45, 7) is 4.01. The summed E-state index contributed by atoms with van der Waals surface area (Å²) in [5, 5.41) is 2.59. The van der Waals surface area contributed by atoms with Gasteiger partial charge in [0, 0.05) is 55.9 Å². The van der Waals surface area contributed by atoms with Crippen LogP contribution in [0.15, 0.2) is 53.6 Å². The summed E-state index contributed by atoms with van der Waals surface area (Å²) in [4.78, 5) is 38.1. The molecule has 1 unspecified atom stereocenters. The highest BCUT2D eigenvalue weighted by Crippen LogP contribution is 2.28. The average Bonchev–Trinajstić information content (AvgIpc) is 3.40. The van der Waals surface area contributed by atoms with Crippen LogP contribution in [-0.2, 0) is 19.6 Å². The lowest BCUT2D eigenvalue weighted by atomic mass is 10.1. The third-order valence-corrected chi connectivity index (χ3v) is 10.7. The van der Waals surface area contributed by atoms with Gasteiger partial charge in [0.15, 0.2) is 0 Å². The molecule has 2 aliphatic heterocycles. The van der Waals surface area contributed by atoms with Crippen LogP contribution in [-0.4, -0.2) is 91.3 Å². The first-order chi connectivity index (χ1) is 19.7. The zero-order chi connectivity index (χ0) is 28.7. The number of hydrogen-bond donors (Lipinski definition) is 0. The molecule has 14 heteroatoms. The lowest BCUT2D eigenvalue weighted by Crippen LogP contribution is -3.00. The van der Waals surface area contributed by atoms with E-state index < -0.39 is 16.1 Å². The lowest BCUT2D eigenvalue weighted by Gasteiger charge is -2.40. The molecule has 2 aromatic carbocycles. The number of hydrogen-bond acceptors (Lipinski definition) is 7. The molecule has 2 aromatic heterocycles. The van der Waals surface area contributed by atoms with E-state index in [1.165, 1.54) is 15.6 Å². The molecule has 42 heavy (non-hydrogen) atoms. The van der Waals surface area contributed by atoms with Gasteiger partial charge in [-0.1, -0.05) is 35.1 Å². The maximum absolute atomic E-state index is 13.8. The van der Waals surface area contributed by atoms with E-state index in [-0.39, 0.29) is 66.7 Å². The normalized spacial score (nSPS) is 18.3. The molecule has 4 aromatic rings. The van der Waals surface area contributed by atoms with Crippen molar-refractivity contribution < 1.29 is 51.7 Å². The van der Waals surface area contributed by atoms with Crippen molar-refractivity contribution in [2.24, 2.45) is 0 Å². The molecule has 1 atom stereocenters. The van der Waals surface area contributed by atoms with Gasteiger partial charge in [-0.2, -0.15) is 9.29 Å². The van der Waals surface area contributed by atoms with E-state index >= 15 is 0 Å². The van der Waals surface area contributed by atoms with Crippen molar-refractivity contribution in [3.63, 3.8) is 0 Å². The number of sulfonamides is 1. The van der Waals surface area contributed by atoms with Crippen molar-refractivity contribution in [1.82, 2.24) is 19.1 Å². The second-order valence-corrected chi connectivity index (χ2v) is 13.7. The van der Waals surface area contributed by atoms with Crippen molar-refractivity contribution in [3.8, 4) is 0 Å². The molecule has 2 aliphatic rings. The summed E-state index contributed by atoms with van der Waals surface area (Å²) in [6.07, 6.45) is 1.74. The first-order valence-corrected chi connectivity index (χ1v) is 16.0. The lowest BCUT2D eigenvalue weighted by molar-refractivity contribution is -0.343. The van der Waals surface area contributed by atoms with E-state index in [0.717, 1.165) is 26.7 Å². The zero-order valence-electron chi connectivity index (χ0n) is 22.8. The predicted octanol–water partition coefficient (Wildman–Crippen LogP) is -0.00638. The van der Waals surface area contributed by atoms with Crippen molar-refractivity contribution in [1.29, 1.82) is 0 Å². The van der Waals surface area contributed by atoms with E-state index in [4.69, 9.17) is 16.3 Å². The number of fused-ring (bicyclic) bond motifs is 2. The molecule has 0 radical (unpaired) electrons. The molecule has 0 bridgehead atoms. The van der Waals surface area contributed by atoms with Crippen LogP contribution in [0.3, 0.4) is 0 Å². The Hall–Kier alpha value is -2.43. The molecule has 10 nitrogen and oxygen atoms in total. The molecule has 2 fully saturated rings. The van der Waals surface area contributed by atoms with Crippen LogP contribution in [0.5, 0.6) is 0 Å². The average molecular weight is 742 g/mol. The Balaban J connectivity index is 0.00000353. The van der Waals surface area contributed by atoms with E-state index in [0.29, 0.717) is 36.3 Å². The summed E-state index contributed by atoms with van der Waals surface area (Å²) in [6, 6.07) is 11.5. The molecule has 6 rings (SSSR count). The highest BCUT2D eigenvalue weighted by Gasteiger charge is 2.40. The van der Waals surface area contributed by atoms with Crippen molar-refractivity contribution in [2.45, 2.75) is 24.3 Å². The fourth-order valence-electron chi connectivity index (χ4n) is 5.35. The van der Waals surface area contributed by atoms with Crippen molar-refractivity contribution >= 4 is 65.8 Å². The van der Waals surface area contributed by atoms with Gasteiger partial charge >= 0.3 is 10.9 Å². The van der Waals surface area contributed by atoms with Gasteiger partial charge in [-0.25, -0.2) is 8.42 Å². The smallest absolute Gasteiger partial charge is 0.330 e. The molecule has 2 saturated heterocycles. The van der Waals surface area contributed by atoms with E-state index in [1.807, 2.05) is 13.0 Å². The van der Waals surface area contributed by atoms with Crippen LogP contribution in [0, 0.1) is 6.92 Å². The molecule has 222 valence electrons. The first-order valence-electron chi connectivity index (χ1n) is 13.3. The Kier molecular flexibility index (Phi) is 9.35. The van der Waals surface area contributed by atoms with Crippen LogP contribution in [0.1, 0.15) is 21.9 Å². The van der Waals surface area contributed by atoms with Gasteiger partial charge in [0.2, 0.25) is 21.4 Å². The molecule has 1 N–H and O–H groups in total. The highest BCUT2D eigenvalue weighted by atomic mass is 127. The minimum atomic E-state index is -3.89. The van der Waals surface area contributed by atoms with Gasteiger partial charge in [0.1, 0.15) is 4.70 Å². The number of H-pyrrole nitrogens is 1. The molecule has 0 saturated carbocycles. The number of carbonyl (C=O) groups is 2. The third kappa shape index (κ3) is 6.26. The largest absolute Gasteiger partial charge is 1.00 e. The fraction of sp³-hybridized carbons (Fsp3) is 0.357. The summed E-state index contributed by atoms with van der Waals surface area (Å²) in [5.74, 6) is -0.388. The number of carbonyl (C=O) groups excluding carboxylic acids is 2. The second kappa shape index (κ2) is 12.7. The van der Waals surface area contributed by atoms with Gasteiger partial charge in [0.25, 0.3) is 0 Å². The Morgan fingerprint density at radius 1 is 1.07 bits per heavy atom. The minimum Gasteiger partial charge on any atom is -1.00 e. The minimum absolute atomic E-state index is 0. The standard InChI is InChI=1S/C28H28ClN5O5S2.HI/c1-18-12-24-25(16-30-18)40-27(31-24)28(36)34-7-6-33(17-22(34)15-26(35)32-8-10-39-11-9-32)41(37,38)23-5-3-19-13-21(29)4-2-20(19)14-23;/h2-5,12-14,16,22H,6-11,15,17H2,1H3;1H. The molecular formula is C28H29ClIN5O5S2. The summed E-state index contributed by atoms with van der Waals surface area (Å²) in [5.41, 5.74) is 1.64. The number of nitrogens with one attached hydrogen (secondary N) is 1. The molecule has 4 heterocycles. The van der Waals surface area contributed by atoms with Gasteiger partial charge in [-0.15, -0.1) is 0 Å². The second-order valence-electron chi connectivity index (χ2n) is 10.2. The first kappa shape index (κ1) is 31.0. The van der Waals surface area contributed by atoms with Gasteiger partial charge in [0.05, 0.1) is 30.3 Å². The number of nitrogens with zero attached hydrogens (tertiary/aromatic N) is 4. The van der Waals surface area contributed by atoms with E-state index in [9.17, 15) is 18.0 Å². The molecule has 0 aliphatic carbocycles. The maximum Gasteiger partial charge on any atom is 0.330 e. The number of aromatic amines is 1. The number of rotatable bonds is 5. The monoisotopic (exact) mass is 741 g/mol. The number of ether oxygens (including phenoxy) is 1. The number of piperazine rings is 1.